The topological polar surface area (TPSA) is 87.7 Å². The quantitative estimate of drug-likeness (QED) is 0.610. The van der Waals surface area contributed by atoms with Gasteiger partial charge in [0, 0.05) is 12.1 Å². The number of benzene rings is 2. The van der Waals surface area contributed by atoms with Gasteiger partial charge in [0.2, 0.25) is 5.54 Å². The van der Waals surface area contributed by atoms with Crippen LogP contribution in [-0.4, -0.2) is 41.9 Å². The second-order valence-corrected chi connectivity index (χ2v) is 6.73. The van der Waals surface area contributed by atoms with Crippen LogP contribution in [0.15, 0.2) is 42.5 Å². The smallest absolute Gasteiger partial charge is 0.323 e. The van der Waals surface area contributed by atoms with E-state index in [0.29, 0.717) is 11.3 Å². The van der Waals surface area contributed by atoms with Gasteiger partial charge in [-0.3, -0.25) is 14.9 Å². The third-order valence-corrected chi connectivity index (χ3v) is 4.85. The molecule has 29 heavy (non-hydrogen) atoms. The molecule has 2 N–H and O–H groups in total. The van der Waals surface area contributed by atoms with Crippen LogP contribution >= 0.6 is 0 Å². The van der Waals surface area contributed by atoms with Crippen molar-refractivity contribution >= 4 is 17.8 Å². The zero-order valence-corrected chi connectivity index (χ0v) is 15.4. The number of nitrogens with zero attached hydrogens (tertiary/aromatic N) is 1. The van der Waals surface area contributed by atoms with E-state index in [-0.39, 0.29) is 24.6 Å². The van der Waals surface area contributed by atoms with Crippen molar-refractivity contribution < 1.29 is 23.5 Å². The number of carbonyl (C=O) groups excluding carboxylic acids is 3. The summed E-state index contributed by atoms with van der Waals surface area (Å²) in [6, 6.07) is 10.3. The molecule has 8 heteroatoms. The summed E-state index contributed by atoms with van der Waals surface area (Å²) in [6.07, 6.45) is 0. The number of rotatable bonds is 3. The normalized spacial score (nSPS) is 19.9. The second kappa shape index (κ2) is 6.95. The van der Waals surface area contributed by atoms with Gasteiger partial charge in [-0.05, 0) is 29.8 Å². The molecule has 1 atom stereocenters. The molecule has 146 valence electrons. The first-order chi connectivity index (χ1) is 13.9. The fraction of sp³-hybridized carbons (Fsp3) is 0.190. The number of carbonyl (C=O) groups is 3. The van der Waals surface area contributed by atoms with Gasteiger partial charge in [-0.25, -0.2) is 9.18 Å². The van der Waals surface area contributed by atoms with Crippen LogP contribution in [0.5, 0.6) is 5.75 Å². The molecule has 2 heterocycles. The van der Waals surface area contributed by atoms with Crippen LogP contribution in [0, 0.1) is 17.7 Å². The Morgan fingerprint density at radius 2 is 2.00 bits per heavy atom. The predicted octanol–water partition coefficient (Wildman–Crippen LogP) is 1.42. The first kappa shape index (κ1) is 18.5. The van der Waals surface area contributed by atoms with Crippen LogP contribution in [0.3, 0.4) is 0 Å². The fourth-order valence-electron chi connectivity index (χ4n) is 3.35. The summed E-state index contributed by atoms with van der Waals surface area (Å²) in [4.78, 5) is 38.6. The number of amides is 4. The molecule has 0 spiro atoms. The number of hydrogen-bond donors (Lipinski definition) is 2. The number of urea groups is 1. The number of hydrogen-bond acceptors (Lipinski definition) is 4. The van der Waals surface area contributed by atoms with Crippen molar-refractivity contribution in [1.29, 1.82) is 0 Å². The molecular weight excluding hydrogens is 377 g/mol. The van der Waals surface area contributed by atoms with Gasteiger partial charge in [-0.15, -0.1) is 0 Å². The maximum atomic E-state index is 13.9. The highest BCUT2D eigenvalue weighted by molar-refractivity contribution is 6.10. The van der Waals surface area contributed by atoms with Crippen molar-refractivity contribution in [2.24, 2.45) is 0 Å². The van der Waals surface area contributed by atoms with E-state index in [4.69, 9.17) is 4.74 Å². The predicted molar refractivity (Wildman–Crippen MR) is 100 cm³/mol. The minimum absolute atomic E-state index is 0.0848. The maximum Gasteiger partial charge on any atom is 0.323 e. The van der Waals surface area contributed by atoms with Gasteiger partial charge >= 0.3 is 6.03 Å². The number of nitrogens with one attached hydrogen (secondary N) is 2. The van der Waals surface area contributed by atoms with E-state index in [0.717, 1.165) is 5.56 Å². The van der Waals surface area contributed by atoms with Crippen molar-refractivity contribution in [3.05, 3.63) is 65.0 Å². The Morgan fingerprint density at radius 1 is 1.21 bits per heavy atom. The first-order valence-corrected chi connectivity index (χ1v) is 8.79. The van der Waals surface area contributed by atoms with Crippen molar-refractivity contribution in [3.63, 3.8) is 0 Å². The molecule has 2 aromatic carbocycles. The molecular formula is C21H16FN3O4. The Labute approximate surface area is 165 Å². The number of fused-ring (bicyclic) bond motifs is 1. The van der Waals surface area contributed by atoms with Crippen molar-refractivity contribution in [1.82, 2.24) is 15.5 Å². The number of halogens is 1. The number of imide groups is 1. The van der Waals surface area contributed by atoms with E-state index in [9.17, 15) is 18.8 Å². The van der Waals surface area contributed by atoms with Gasteiger partial charge in [0.25, 0.3) is 11.8 Å². The van der Waals surface area contributed by atoms with Gasteiger partial charge in [0.05, 0.1) is 19.2 Å². The lowest BCUT2D eigenvalue weighted by Crippen LogP contribution is -2.54. The van der Waals surface area contributed by atoms with Crippen LogP contribution in [0.1, 0.15) is 21.5 Å². The van der Waals surface area contributed by atoms with E-state index < -0.39 is 23.3 Å². The fourth-order valence-corrected chi connectivity index (χ4v) is 3.35. The number of ether oxygens (including phenoxy) is 1. The van der Waals surface area contributed by atoms with Crippen LogP contribution in [-0.2, 0) is 11.3 Å². The number of methoxy groups -OCH3 is 1. The largest absolute Gasteiger partial charge is 0.497 e. The summed E-state index contributed by atoms with van der Waals surface area (Å²) >= 11 is 0. The van der Waals surface area contributed by atoms with Gasteiger partial charge < -0.3 is 15.0 Å². The van der Waals surface area contributed by atoms with Crippen molar-refractivity contribution in [2.45, 2.75) is 12.1 Å². The summed E-state index contributed by atoms with van der Waals surface area (Å²) in [6.45, 7) is 0.0757. The molecule has 0 unspecified atom stereocenters. The van der Waals surface area contributed by atoms with Gasteiger partial charge in [-0.1, -0.05) is 30.0 Å². The van der Waals surface area contributed by atoms with E-state index in [2.05, 4.69) is 22.5 Å². The monoisotopic (exact) mass is 393 g/mol. The average Bonchev–Trinajstić information content (AvgIpc) is 3.16. The highest BCUT2D eigenvalue weighted by atomic mass is 19.1. The Balaban J connectivity index is 1.66. The highest BCUT2D eigenvalue weighted by Crippen LogP contribution is 2.28. The van der Waals surface area contributed by atoms with Crippen LogP contribution in [0.2, 0.25) is 0 Å². The average molecular weight is 393 g/mol. The SMILES string of the molecule is COc1ccc2c(c1)C(=O)N(C[C@@]1(C#Cc3ccccc3F)NC(=O)NC1=O)C2. The molecule has 2 aliphatic heterocycles. The molecule has 4 amide bonds. The lowest BCUT2D eigenvalue weighted by Gasteiger charge is -2.26. The molecule has 1 saturated heterocycles. The Hall–Kier alpha value is -3.86. The third kappa shape index (κ3) is 3.27. The molecule has 2 aromatic rings. The Bertz CT molecular complexity index is 1100. The second-order valence-electron chi connectivity index (χ2n) is 6.73. The third-order valence-electron chi connectivity index (χ3n) is 4.85. The highest BCUT2D eigenvalue weighted by Gasteiger charge is 2.48. The Kier molecular flexibility index (Phi) is 4.43. The zero-order valence-electron chi connectivity index (χ0n) is 15.4. The summed E-state index contributed by atoms with van der Waals surface area (Å²) in [5.41, 5.74) is -0.355. The lowest BCUT2D eigenvalue weighted by molar-refractivity contribution is -0.122. The summed E-state index contributed by atoms with van der Waals surface area (Å²) < 4.78 is 19.1. The molecule has 0 bridgehead atoms. The van der Waals surface area contributed by atoms with Gasteiger partial charge in [0.1, 0.15) is 11.6 Å². The molecule has 0 aliphatic carbocycles. The molecule has 0 radical (unpaired) electrons. The molecule has 0 aromatic heterocycles. The first-order valence-electron chi connectivity index (χ1n) is 8.79. The summed E-state index contributed by atoms with van der Waals surface area (Å²) in [7, 11) is 1.50. The zero-order chi connectivity index (χ0) is 20.6. The molecule has 4 rings (SSSR count). The van der Waals surface area contributed by atoms with E-state index in [1.54, 1.807) is 24.3 Å². The van der Waals surface area contributed by atoms with E-state index >= 15 is 0 Å². The maximum absolute atomic E-state index is 13.9. The van der Waals surface area contributed by atoms with E-state index in [1.807, 2.05) is 0 Å². The van der Waals surface area contributed by atoms with Crippen molar-refractivity contribution in [2.75, 3.05) is 13.7 Å². The minimum Gasteiger partial charge on any atom is -0.497 e. The molecule has 2 aliphatic rings. The van der Waals surface area contributed by atoms with Gasteiger partial charge in [0.15, 0.2) is 0 Å². The van der Waals surface area contributed by atoms with Crippen LogP contribution in [0.25, 0.3) is 0 Å². The minimum atomic E-state index is -1.68. The standard InChI is InChI=1S/C21H16FN3O4/c1-29-15-7-6-14-11-25(18(26)16(14)10-15)12-21(19(27)23-20(28)24-21)9-8-13-4-2-3-5-17(13)22/h2-7,10H,11-12H2,1H3,(H2,23,24,27,28)/t21-/m1/s1. The summed E-state index contributed by atoms with van der Waals surface area (Å²) in [5, 5.41) is 4.63. The Morgan fingerprint density at radius 3 is 2.69 bits per heavy atom. The van der Waals surface area contributed by atoms with Gasteiger partial charge in [-0.2, -0.15) is 0 Å². The molecule has 1 fully saturated rings. The van der Waals surface area contributed by atoms with E-state index in [1.165, 1.54) is 30.2 Å². The summed E-state index contributed by atoms with van der Waals surface area (Å²) in [5.74, 6) is 4.30. The lowest BCUT2D eigenvalue weighted by atomic mass is 9.99. The van der Waals surface area contributed by atoms with Crippen LogP contribution < -0.4 is 15.4 Å². The van der Waals surface area contributed by atoms with Crippen molar-refractivity contribution in [3.8, 4) is 17.6 Å². The molecule has 7 nitrogen and oxygen atoms in total. The molecule has 0 saturated carbocycles. The van der Waals surface area contributed by atoms with Crippen LogP contribution in [0.4, 0.5) is 9.18 Å².